The van der Waals surface area contributed by atoms with Crippen molar-refractivity contribution in [2.45, 2.75) is 82.0 Å². The number of likely N-dealkylation sites (tertiary alicyclic amines) is 1. The predicted octanol–water partition coefficient (Wildman–Crippen LogP) is 6.15. The molecule has 8 rings (SSSR count). The minimum atomic E-state index is -0.146. The van der Waals surface area contributed by atoms with Gasteiger partial charge in [-0.05, 0) is 99.7 Å². The zero-order valence-corrected chi connectivity index (χ0v) is 26.0. The number of para-hydroxylation sites is 2. The van der Waals surface area contributed by atoms with Crippen molar-refractivity contribution in [1.29, 1.82) is 0 Å². The van der Waals surface area contributed by atoms with E-state index in [2.05, 4.69) is 81.0 Å². The number of piperidine rings is 2. The van der Waals surface area contributed by atoms with Crippen LogP contribution in [0.2, 0.25) is 0 Å². The van der Waals surface area contributed by atoms with Gasteiger partial charge in [-0.15, -0.1) is 0 Å². The van der Waals surface area contributed by atoms with Crippen molar-refractivity contribution in [2.24, 2.45) is 0 Å². The summed E-state index contributed by atoms with van der Waals surface area (Å²) in [5.41, 5.74) is 6.08. The number of nitrogens with zero attached hydrogens (tertiary/aromatic N) is 5. The van der Waals surface area contributed by atoms with Crippen molar-refractivity contribution < 1.29 is 9.90 Å². The first-order chi connectivity index (χ1) is 22.0. The number of aromatic nitrogens is 4. The Hall–Kier alpha value is -4.01. The molecule has 1 unspecified atom stereocenters. The Morgan fingerprint density at radius 2 is 1.64 bits per heavy atom. The number of hydrogen-bond acceptors (Lipinski definition) is 5. The number of nitrogens with one attached hydrogen (secondary N) is 1. The number of carbonyl (C=O) groups is 1. The van der Waals surface area contributed by atoms with E-state index >= 15 is 0 Å². The number of aliphatic hydroxyl groups is 1. The zero-order chi connectivity index (χ0) is 30.5. The van der Waals surface area contributed by atoms with Crippen molar-refractivity contribution in [2.75, 3.05) is 19.6 Å². The lowest BCUT2D eigenvalue weighted by Gasteiger charge is -2.45. The molecule has 0 saturated carbocycles. The maximum Gasteiger partial charge on any atom is 0.253 e. The summed E-state index contributed by atoms with van der Waals surface area (Å²) in [4.78, 5) is 30.9. The third-order valence-electron chi connectivity index (χ3n) is 11.2. The zero-order valence-electron chi connectivity index (χ0n) is 26.0. The Labute approximate surface area is 264 Å². The second-order valence-corrected chi connectivity index (χ2v) is 13.5. The Morgan fingerprint density at radius 1 is 0.911 bits per heavy atom. The first-order valence-electron chi connectivity index (χ1n) is 16.6. The number of imidazole rings is 2. The molecular formula is C37H42N6O2. The molecule has 3 aliphatic heterocycles. The topological polar surface area (TPSA) is 90.3 Å². The fraction of sp³-hybridized carbons (Fsp3) is 0.432. The lowest BCUT2D eigenvalue weighted by molar-refractivity contribution is 0.0607. The summed E-state index contributed by atoms with van der Waals surface area (Å²) in [7, 11) is 0. The van der Waals surface area contributed by atoms with Gasteiger partial charge < -0.3 is 19.6 Å². The SMILES string of the molecule is Cc1nc2ccccc2n1C1C[C@H]2CC[C@@H](C1)N2CCC1(c2ccccc2)CCN(C(=O)c2ccc3nc(CO)[nH]c3c2)CC1. The number of amides is 1. The summed E-state index contributed by atoms with van der Waals surface area (Å²) < 4.78 is 2.52. The summed E-state index contributed by atoms with van der Waals surface area (Å²) in [6.45, 7) is 4.62. The second kappa shape index (κ2) is 11.4. The standard InChI is InChI=1S/C37H42N6O2/c1-25-38-32-9-5-6-10-34(32)43(25)30-22-28-12-13-29(23-30)42(28)20-17-37(27-7-3-2-4-8-27)15-18-41(19-16-37)36(45)26-11-14-31-33(21-26)40-35(24-44)39-31/h2-11,14,21,28-30,44H,12-13,15-20,22-24H2,1H3,(H,39,40)/t28-,29+,30?. The first-order valence-corrected chi connectivity index (χ1v) is 16.6. The second-order valence-electron chi connectivity index (χ2n) is 13.5. The Bertz CT molecular complexity index is 1820. The van der Waals surface area contributed by atoms with Crippen LogP contribution in [-0.2, 0) is 12.0 Å². The van der Waals surface area contributed by atoms with Crippen LogP contribution in [0, 0.1) is 6.92 Å². The van der Waals surface area contributed by atoms with Crippen molar-refractivity contribution in [3.8, 4) is 0 Å². The molecule has 3 fully saturated rings. The number of rotatable bonds is 7. The average molecular weight is 603 g/mol. The molecule has 3 aliphatic rings. The molecule has 5 aromatic rings. The lowest BCUT2D eigenvalue weighted by atomic mass is 9.70. The molecule has 8 nitrogen and oxygen atoms in total. The molecule has 0 spiro atoms. The highest BCUT2D eigenvalue weighted by molar-refractivity contribution is 5.97. The number of carbonyl (C=O) groups excluding carboxylic acids is 1. The highest BCUT2D eigenvalue weighted by Crippen LogP contribution is 2.45. The van der Waals surface area contributed by atoms with E-state index in [0.29, 0.717) is 29.5 Å². The van der Waals surface area contributed by atoms with Gasteiger partial charge in [-0.3, -0.25) is 9.69 Å². The smallest absolute Gasteiger partial charge is 0.253 e. The average Bonchev–Trinajstić information content (AvgIpc) is 3.73. The minimum absolute atomic E-state index is 0.0643. The van der Waals surface area contributed by atoms with Crippen LogP contribution in [0.3, 0.4) is 0 Å². The maximum atomic E-state index is 13.6. The van der Waals surface area contributed by atoms with Gasteiger partial charge in [0.1, 0.15) is 18.3 Å². The summed E-state index contributed by atoms with van der Waals surface area (Å²) in [5, 5.41) is 9.44. The van der Waals surface area contributed by atoms with Crippen LogP contribution in [0.25, 0.3) is 22.1 Å². The van der Waals surface area contributed by atoms with E-state index in [1.165, 1.54) is 36.8 Å². The van der Waals surface area contributed by atoms with Crippen LogP contribution in [-0.4, -0.2) is 72.1 Å². The molecule has 3 aromatic carbocycles. The van der Waals surface area contributed by atoms with Crippen LogP contribution < -0.4 is 0 Å². The molecule has 2 N–H and O–H groups in total. The summed E-state index contributed by atoms with van der Waals surface area (Å²) >= 11 is 0. The Morgan fingerprint density at radius 3 is 2.40 bits per heavy atom. The highest BCUT2D eigenvalue weighted by Gasteiger charge is 2.44. The highest BCUT2D eigenvalue weighted by atomic mass is 16.3. The molecule has 1 amide bonds. The van der Waals surface area contributed by atoms with E-state index < -0.39 is 0 Å². The van der Waals surface area contributed by atoms with E-state index in [0.717, 1.165) is 61.3 Å². The Balaban J connectivity index is 0.973. The number of aromatic amines is 1. The van der Waals surface area contributed by atoms with E-state index in [1.807, 2.05) is 23.1 Å². The predicted molar refractivity (Wildman–Crippen MR) is 176 cm³/mol. The van der Waals surface area contributed by atoms with Gasteiger partial charge in [0.15, 0.2) is 0 Å². The van der Waals surface area contributed by atoms with Crippen LogP contribution in [0.5, 0.6) is 0 Å². The van der Waals surface area contributed by atoms with Gasteiger partial charge in [0.25, 0.3) is 5.91 Å². The molecular weight excluding hydrogens is 560 g/mol. The lowest BCUT2D eigenvalue weighted by Crippen LogP contribution is -2.49. The number of aliphatic hydroxyl groups excluding tert-OH is 1. The third-order valence-corrected chi connectivity index (χ3v) is 11.2. The van der Waals surface area contributed by atoms with Gasteiger partial charge in [0, 0.05) is 36.8 Å². The van der Waals surface area contributed by atoms with Gasteiger partial charge in [0.05, 0.1) is 22.1 Å². The van der Waals surface area contributed by atoms with Gasteiger partial charge >= 0.3 is 0 Å². The fourth-order valence-corrected chi connectivity index (χ4v) is 8.86. The quantitative estimate of drug-likeness (QED) is 0.233. The van der Waals surface area contributed by atoms with E-state index in [1.54, 1.807) is 0 Å². The minimum Gasteiger partial charge on any atom is -0.388 e. The molecule has 45 heavy (non-hydrogen) atoms. The molecule has 0 radical (unpaired) electrons. The summed E-state index contributed by atoms with van der Waals surface area (Å²) in [6.07, 6.45) is 8.01. The maximum absolute atomic E-state index is 13.6. The van der Waals surface area contributed by atoms with Gasteiger partial charge in [-0.25, -0.2) is 9.97 Å². The summed E-state index contributed by atoms with van der Waals surface area (Å²) in [5.74, 6) is 1.72. The van der Waals surface area contributed by atoms with Gasteiger partial charge in [0.2, 0.25) is 0 Å². The van der Waals surface area contributed by atoms with Crippen molar-refractivity contribution in [3.63, 3.8) is 0 Å². The molecule has 3 atom stereocenters. The number of aryl methyl sites for hydroxylation is 1. The largest absolute Gasteiger partial charge is 0.388 e. The summed E-state index contributed by atoms with van der Waals surface area (Å²) in [6, 6.07) is 27.0. The van der Waals surface area contributed by atoms with Gasteiger partial charge in [-0.1, -0.05) is 42.5 Å². The molecule has 232 valence electrons. The van der Waals surface area contributed by atoms with Crippen molar-refractivity contribution >= 4 is 28.0 Å². The van der Waals surface area contributed by atoms with Crippen molar-refractivity contribution in [1.82, 2.24) is 29.3 Å². The molecule has 3 saturated heterocycles. The van der Waals surface area contributed by atoms with Crippen molar-refractivity contribution in [3.05, 3.63) is 95.6 Å². The molecule has 8 heteroatoms. The van der Waals surface area contributed by atoms with E-state index in [-0.39, 0.29) is 17.9 Å². The number of benzene rings is 3. The normalized spacial score (nSPS) is 23.2. The third kappa shape index (κ3) is 5.04. The molecule has 2 aromatic heterocycles. The van der Waals surface area contributed by atoms with Gasteiger partial charge in [-0.2, -0.15) is 0 Å². The molecule has 0 aliphatic carbocycles. The Kier molecular flexibility index (Phi) is 7.22. The van der Waals surface area contributed by atoms with Crippen LogP contribution >= 0.6 is 0 Å². The number of fused-ring (bicyclic) bond motifs is 4. The molecule has 2 bridgehead atoms. The molecule has 5 heterocycles. The van der Waals surface area contributed by atoms with Crippen LogP contribution in [0.1, 0.15) is 78.6 Å². The van der Waals surface area contributed by atoms with Crippen LogP contribution in [0.15, 0.2) is 72.8 Å². The monoisotopic (exact) mass is 602 g/mol. The van der Waals surface area contributed by atoms with Crippen LogP contribution in [0.4, 0.5) is 0 Å². The van der Waals surface area contributed by atoms with E-state index in [9.17, 15) is 9.90 Å². The van der Waals surface area contributed by atoms with E-state index in [4.69, 9.17) is 4.98 Å². The fourth-order valence-electron chi connectivity index (χ4n) is 8.86. The number of hydrogen-bond donors (Lipinski definition) is 2. The first kappa shape index (κ1) is 28.5. The number of H-pyrrole nitrogens is 1.